The minimum absolute atomic E-state index is 0.619. The van der Waals surface area contributed by atoms with E-state index in [0.717, 1.165) is 27.4 Å². The average Bonchev–Trinajstić information content (AvgIpc) is 2.93. The van der Waals surface area contributed by atoms with Gasteiger partial charge in [-0.05, 0) is 18.2 Å². The highest BCUT2D eigenvalue weighted by Crippen LogP contribution is 2.34. The molecule has 4 aromatic rings. The largest absolute Gasteiger partial charge is 0.435 e. The van der Waals surface area contributed by atoms with Crippen molar-refractivity contribution in [1.29, 1.82) is 0 Å². The number of halogens is 1. The highest BCUT2D eigenvalue weighted by Gasteiger charge is 2.12. The molecule has 3 heteroatoms. The van der Waals surface area contributed by atoms with E-state index in [2.05, 4.69) is 4.98 Å². The average molecular weight is 280 g/mol. The Kier molecular flexibility index (Phi) is 2.51. The number of aromatic nitrogens is 1. The minimum Gasteiger partial charge on any atom is -0.435 e. The fraction of sp³-hybridized carbons (Fsp3) is 0. The van der Waals surface area contributed by atoms with Crippen molar-refractivity contribution in [2.24, 2.45) is 0 Å². The molecule has 0 saturated heterocycles. The van der Waals surface area contributed by atoms with Crippen molar-refractivity contribution in [3.8, 4) is 11.5 Å². The predicted molar refractivity (Wildman–Crippen MR) is 82.0 cm³/mol. The van der Waals surface area contributed by atoms with E-state index < -0.39 is 0 Å². The Hall–Kier alpha value is -2.32. The lowest BCUT2D eigenvalue weighted by Crippen LogP contribution is -1.76. The van der Waals surface area contributed by atoms with Gasteiger partial charge in [-0.15, -0.1) is 0 Å². The first-order valence-corrected chi connectivity index (χ1v) is 6.74. The number of fused-ring (bicyclic) bond motifs is 3. The van der Waals surface area contributed by atoms with Gasteiger partial charge in [-0.1, -0.05) is 54.1 Å². The van der Waals surface area contributed by atoms with Crippen LogP contribution in [0.2, 0.25) is 5.02 Å². The zero-order chi connectivity index (χ0) is 13.5. The standard InChI is InChI=1S/C17H10ClNO/c18-14-10-15-16(13-9-5-4-8-12(13)14)20-17(19-15)11-6-2-1-3-7-11/h1-10H. The van der Waals surface area contributed by atoms with E-state index in [0.29, 0.717) is 10.9 Å². The third-order valence-corrected chi connectivity index (χ3v) is 3.68. The zero-order valence-corrected chi connectivity index (χ0v) is 11.3. The van der Waals surface area contributed by atoms with Gasteiger partial charge in [0.1, 0.15) is 5.52 Å². The number of oxazole rings is 1. The van der Waals surface area contributed by atoms with Crippen LogP contribution in [0.5, 0.6) is 0 Å². The molecular formula is C17H10ClNO. The lowest BCUT2D eigenvalue weighted by atomic mass is 10.1. The monoisotopic (exact) mass is 279 g/mol. The van der Waals surface area contributed by atoms with Gasteiger partial charge >= 0.3 is 0 Å². The van der Waals surface area contributed by atoms with E-state index in [1.165, 1.54) is 0 Å². The molecule has 20 heavy (non-hydrogen) atoms. The molecule has 0 atom stereocenters. The van der Waals surface area contributed by atoms with Crippen LogP contribution < -0.4 is 0 Å². The van der Waals surface area contributed by atoms with Crippen LogP contribution in [0.25, 0.3) is 33.3 Å². The van der Waals surface area contributed by atoms with Crippen molar-refractivity contribution in [3.63, 3.8) is 0 Å². The summed E-state index contributed by atoms with van der Waals surface area (Å²) in [5.41, 5.74) is 2.53. The number of hydrogen-bond acceptors (Lipinski definition) is 2. The van der Waals surface area contributed by atoms with E-state index in [-0.39, 0.29) is 0 Å². The van der Waals surface area contributed by atoms with Crippen molar-refractivity contribution in [2.75, 3.05) is 0 Å². The SMILES string of the molecule is Clc1cc2nc(-c3ccccc3)oc2c2ccccc12. The molecule has 0 spiro atoms. The van der Waals surface area contributed by atoms with Gasteiger partial charge in [0.25, 0.3) is 0 Å². The van der Waals surface area contributed by atoms with Gasteiger partial charge in [0.15, 0.2) is 5.58 Å². The van der Waals surface area contributed by atoms with Crippen LogP contribution >= 0.6 is 11.6 Å². The lowest BCUT2D eigenvalue weighted by molar-refractivity contribution is 0.623. The maximum Gasteiger partial charge on any atom is 0.227 e. The Bertz CT molecular complexity index is 912. The van der Waals surface area contributed by atoms with Crippen molar-refractivity contribution in [3.05, 3.63) is 65.7 Å². The summed E-state index contributed by atoms with van der Waals surface area (Å²) in [7, 11) is 0. The van der Waals surface area contributed by atoms with Crippen molar-refractivity contribution in [1.82, 2.24) is 4.98 Å². The molecule has 96 valence electrons. The molecule has 0 aliphatic rings. The summed E-state index contributed by atoms with van der Waals surface area (Å²) >= 11 is 6.31. The van der Waals surface area contributed by atoms with E-state index in [1.54, 1.807) is 0 Å². The summed E-state index contributed by atoms with van der Waals surface area (Å²) in [6, 6.07) is 19.7. The summed E-state index contributed by atoms with van der Waals surface area (Å²) in [5, 5.41) is 2.67. The van der Waals surface area contributed by atoms with Crippen molar-refractivity contribution in [2.45, 2.75) is 0 Å². The van der Waals surface area contributed by atoms with Crippen molar-refractivity contribution < 1.29 is 4.42 Å². The molecule has 1 aromatic heterocycles. The van der Waals surface area contributed by atoms with Gasteiger partial charge in [0, 0.05) is 16.3 Å². The number of rotatable bonds is 1. The Morgan fingerprint density at radius 1 is 0.850 bits per heavy atom. The predicted octanol–water partition coefficient (Wildman–Crippen LogP) is 5.30. The zero-order valence-electron chi connectivity index (χ0n) is 10.5. The van der Waals surface area contributed by atoms with Crippen LogP contribution in [0.15, 0.2) is 65.1 Å². The second-order valence-corrected chi connectivity index (χ2v) is 5.04. The van der Waals surface area contributed by atoms with E-state index in [1.807, 2.05) is 60.7 Å². The van der Waals surface area contributed by atoms with Crippen LogP contribution in [0, 0.1) is 0 Å². The van der Waals surface area contributed by atoms with E-state index in [9.17, 15) is 0 Å². The quantitative estimate of drug-likeness (QED) is 0.472. The highest BCUT2D eigenvalue weighted by molar-refractivity contribution is 6.37. The van der Waals surface area contributed by atoms with Crippen LogP contribution in [0.3, 0.4) is 0 Å². The van der Waals surface area contributed by atoms with Gasteiger partial charge in [0.05, 0.1) is 5.02 Å². The molecule has 3 aromatic carbocycles. The maximum absolute atomic E-state index is 6.31. The Labute approximate surface area is 120 Å². The number of nitrogens with zero attached hydrogens (tertiary/aromatic N) is 1. The molecule has 0 unspecified atom stereocenters. The van der Waals surface area contributed by atoms with Crippen LogP contribution in [0.4, 0.5) is 0 Å². The Balaban J connectivity index is 2.07. The summed E-state index contributed by atoms with van der Waals surface area (Å²) in [4.78, 5) is 4.54. The summed E-state index contributed by atoms with van der Waals surface area (Å²) in [6.07, 6.45) is 0. The molecule has 0 bridgehead atoms. The summed E-state index contributed by atoms with van der Waals surface area (Å²) < 4.78 is 5.95. The fourth-order valence-corrected chi connectivity index (χ4v) is 2.68. The highest BCUT2D eigenvalue weighted by atomic mass is 35.5. The minimum atomic E-state index is 0.619. The second-order valence-electron chi connectivity index (χ2n) is 4.64. The molecule has 0 radical (unpaired) electrons. The van der Waals surface area contributed by atoms with E-state index in [4.69, 9.17) is 16.0 Å². The molecule has 4 rings (SSSR count). The molecule has 0 amide bonds. The molecule has 0 N–H and O–H groups in total. The summed E-state index contributed by atoms with van der Waals surface area (Å²) in [6.45, 7) is 0. The van der Waals surface area contributed by atoms with Crippen LogP contribution in [0.1, 0.15) is 0 Å². The molecule has 0 fully saturated rings. The van der Waals surface area contributed by atoms with Gasteiger partial charge < -0.3 is 4.42 Å². The first kappa shape index (κ1) is 11.5. The number of benzene rings is 3. The summed E-state index contributed by atoms with van der Waals surface area (Å²) in [5.74, 6) is 0.619. The number of hydrogen-bond donors (Lipinski definition) is 0. The molecule has 0 saturated carbocycles. The van der Waals surface area contributed by atoms with Gasteiger partial charge in [-0.25, -0.2) is 4.98 Å². The topological polar surface area (TPSA) is 26.0 Å². The van der Waals surface area contributed by atoms with Gasteiger partial charge in [0.2, 0.25) is 5.89 Å². The maximum atomic E-state index is 6.31. The second kappa shape index (κ2) is 4.36. The smallest absolute Gasteiger partial charge is 0.227 e. The molecule has 0 aliphatic carbocycles. The van der Waals surface area contributed by atoms with Crippen LogP contribution in [-0.2, 0) is 0 Å². The fourth-order valence-electron chi connectivity index (χ4n) is 2.41. The first-order valence-electron chi connectivity index (χ1n) is 6.36. The lowest BCUT2D eigenvalue weighted by Gasteiger charge is -1.99. The molecule has 0 aliphatic heterocycles. The van der Waals surface area contributed by atoms with Crippen LogP contribution in [-0.4, -0.2) is 4.98 Å². The van der Waals surface area contributed by atoms with Crippen molar-refractivity contribution >= 4 is 33.5 Å². The Morgan fingerprint density at radius 3 is 2.35 bits per heavy atom. The molecule has 2 nitrogen and oxygen atoms in total. The normalized spacial score (nSPS) is 11.2. The molecule has 1 heterocycles. The van der Waals surface area contributed by atoms with Gasteiger partial charge in [-0.2, -0.15) is 0 Å². The third kappa shape index (κ3) is 1.69. The first-order chi connectivity index (χ1) is 9.83. The Morgan fingerprint density at radius 2 is 1.55 bits per heavy atom. The third-order valence-electron chi connectivity index (χ3n) is 3.37. The van der Waals surface area contributed by atoms with E-state index >= 15 is 0 Å². The molecular weight excluding hydrogens is 270 g/mol. The van der Waals surface area contributed by atoms with Gasteiger partial charge in [-0.3, -0.25) is 0 Å².